The molecule has 297 valence electrons. The van der Waals surface area contributed by atoms with Crippen molar-refractivity contribution in [2.45, 2.75) is 0 Å². The SMILES string of the molecule is OB(O)c1ccccc1-c1c(-c2ccccc2B(O)O)c2c(-c3ccccc3B(O)O)c3nc(cc4ccc(cc5nc(cc1n2-c1ccccc1B(O)O)C=C5)[nH]4)C=C3.[Mn]. The van der Waals surface area contributed by atoms with Crippen LogP contribution in [0, 0.1) is 0 Å². The zero-order chi connectivity index (χ0) is 41.7. The Bertz CT molecular complexity index is 3060. The van der Waals surface area contributed by atoms with Gasteiger partial charge in [-0.15, -0.1) is 0 Å². The Morgan fingerprint density at radius 3 is 1.39 bits per heavy atom. The van der Waals surface area contributed by atoms with Crippen LogP contribution in [-0.4, -0.2) is 88.2 Å². The van der Waals surface area contributed by atoms with Crippen molar-refractivity contribution in [1.29, 1.82) is 0 Å². The molecule has 3 aromatic heterocycles. The van der Waals surface area contributed by atoms with Gasteiger partial charge in [0.05, 0.1) is 33.8 Å². The summed E-state index contributed by atoms with van der Waals surface area (Å²) in [5.74, 6) is 0. The summed E-state index contributed by atoms with van der Waals surface area (Å²) >= 11 is 0. The van der Waals surface area contributed by atoms with Gasteiger partial charge in [-0.05, 0) is 93.8 Å². The van der Waals surface area contributed by atoms with Gasteiger partial charge in [-0.1, -0.05) is 91.0 Å². The van der Waals surface area contributed by atoms with E-state index in [4.69, 9.17) is 9.97 Å². The van der Waals surface area contributed by atoms with Crippen LogP contribution in [0.15, 0.2) is 127 Å². The molecule has 0 unspecified atom stereocenters. The van der Waals surface area contributed by atoms with Crippen LogP contribution < -0.4 is 21.9 Å². The van der Waals surface area contributed by atoms with Crippen LogP contribution in [-0.2, 0) is 17.1 Å². The number of nitrogens with zero attached hydrogens (tertiary/aromatic N) is 3. The Balaban J connectivity index is 0.00000514. The van der Waals surface area contributed by atoms with E-state index in [2.05, 4.69) is 4.98 Å². The van der Waals surface area contributed by atoms with Crippen molar-refractivity contribution < 1.29 is 57.3 Å². The predicted octanol–water partition coefficient (Wildman–Crippen LogP) is 1.84. The third kappa shape index (κ3) is 7.76. The maximum Gasteiger partial charge on any atom is 0.490 e. The van der Waals surface area contributed by atoms with Crippen LogP contribution >= 0.6 is 0 Å². The van der Waals surface area contributed by atoms with Gasteiger partial charge in [0.1, 0.15) is 0 Å². The third-order valence-corrected chi connectivity index (χ3v) is 10.6. The standard InChI is InChI=1S/C44H34B4N4O8.Mn/c53-45(54)34-12-4-1-9-31(34)41-38-22-21-29(51-38)24-28-18-17-26(49-28)23-27-19-20-30(50-27)25-40-42(32-10-2-5-13-35(32)46(55)56)43(33-11-3-6-14-36(33)47(57)58)44(41)52(40)39-16-8-7-15-37(39)48(59)60;/h1-25,49,53-60H;. The second kappa shape index (κ2) is 17.1. The normalized spacial score (nSPS) is 11.7. The number of fused-ring (bicyclic) bond motifs is 8. The Hall–Kier alpha value is -6.06. The summed E-state index contributed by atoms with van der Waals surface area (Å²) in [4.78, 5) is 13.4. The fourth-order valence-electron chi connectivity index (χ4n) is 8.10. The minimum absolute atomic E-state index is 0. The van der Waals surface area contributed by atoms with E-state index in [1.807, 2.05) is 42.5 Å². The first-order valence-corrected chi connectivity index (χ1v) is 19.1. The number of aromatic amines is 1. The van der Waals surface area contributed by atoms with E-state index >= 15 is 0 Å². The van der Waals surface area contributed by atoms with Crippen LogP contribution in [0.1, 0.15) is 22.8 Å². The van der Waals surface area contributed by atoms with Crippen molar-refractivity contribution in [1.82, 2.24) is 19.5 Å². The number of H-pyrrole nitrogens is 1. The quantitative estimate of drug-likeness (QED) is 0.102. The maximum atomic E-state index is 11.0. The molecule has 0 saturated carbocycles. The van der Waals surface area contributed by atoms with Gasteiger partial charge in [-0.2, -0.15) is 0 Å². The predicted molar refractivity (Wildman–Crippen MR) is 239 cm³/mol. The molecule has 9 rings (SSSR count). The van der Waals surface area contributed by atoms with Crippen LogP contribution in [0.5, 0.6) is 0 Å². The Morgan fingerprint density at radius 2 is 0.852 bits per heavy atom. The van der Waals surface area contributed by atoms with E-state index in [-0.39, 0.29) is 44.6 Å². The van der Waals surface area contributed by atoms with Crippen LogP contribution in [0.3, 0.4) is 0 Å². The average molecular weight is 845 g/mol. The van der Waals surface area contributed by atoms with Gasteiger partial charge >= 0.3 is 28.5 Å². The van der Waals surface area contributed by atoms with Crippen LogP contribution in [0.2, 0.25) is 0 Å². The van der Waals surface area contributed by atoms with E-state index in [0.717, 1.165) is 11.0 Å². The Kier molecular flexibility index (Phi) is 11.7. The molecule has 61 heavy (non-hydrogen) atoms. The van der Waals surface area contributed by atoms with Gasteiger partial charge in [-0.25, -0.2) is 9.97 Å². The molecule has 17 heteroatoms. The van der Waals surface area contributed by atoms with Crippen molar-refractivity contribution >= 4 is 96.7 Å². The fraction of sp³-hybridized carbons (Fsp3) is 0. The summed E-state index contributed by atoms with van der Waals surface area (Å²) in [6.45, 7) is 0. The minimum Gasteiger partial charge on any atom is -0.423 e. The first kappa shape index (κ1) is 41.7. The van der Waals surface area contributed by atoms with Gasteiger partial charge in [0.2, 0.25) is 0 Å². The molecule has 8 bridgehead atoms. The van der Waals surface area contributed by atoms with Gasteiger partial charge in [0.25, 0.3) is 0 Å². The fourth-order valence-corrected chi connectivity index (χ4v) is 8.10. The average Bonchev–Trinajstić information content (AvgIpc) is 4.06. The number of hydrogen-bond donors (Lipinski definition) is 9. The zero-order valence-electron chi connectivity index (χ0n) is 32.0. The van der Waals surface area contributed by atoms with Crippen molar-refractivity contribution in [2.75, 3.05) is 0 Å². The smallest absolute Gasteiger partial charge is 0.423 e. The molecule has 9 N–H and O–H groups in total. The molecule has 4 aromatic carbocycles. The second-order valence-electron chi connectivity index (χ2n) is 14.4. The molecule has 5 heterocycles. The van der Waals surface area contributed by atoms with Crippen molar-refractivity contribution in [3.8, 4) is 39.1 Å². The van der Waals surface area contributed by atoms with Gasteiger partial charge in [0.15, 0.2) is 0 Å². The number of hydrogen-bond acceptors (Lipinski definition) is 10. The molecule has 7 aromatic rings. The number of aromatic nitrogens is 4. The van der Waals surface area contributed by atoms with E-state index in [1.165, 1.54) is 0 Å². The van der Waals surface area contributed by atoms with E-state index in [9.17, 15) is 40.2 Å². The summed E-state index contributed by atoms with van der Waals surface area (Å²) in [6, 6.07) is 36.1. The van der Waals surface area contributed by atoms with E-state index < -0.39 is 28.5 Å². The summed E-state index contributed by atoms with van der Waals surface area (Å²) < 4.78 is 1.77. The van der Waals surface area contributed by atoms with Crippen molar-refractivity contribution in [2.24, 2.45) is 0 Å². The van der Waals surface area contributed by atoms with Crippen LogP contribution in [0.25, 0.3) is 85.4 Å². The van der Waals surface area contributed by atoms with E-state index in [1.54, 1.807) is 114 Å². The molecule has 0 saturated heterocycles. The monoisotopic (exact) mass is 845 g/mol. The van der Waals surface area contributed by atoms with E-state index in [0.29, 0.717) is 67.2 Å². The molecule has 2 aliphatic heterocycles. The molecule has 12 nitrogen and oxygen atoms in total. The maximum absolute atomic E-state index is 11.0. The zero-order valence-corrected chi connectivity index (χ0v) is 33.2. The molecule has 0 fully saturated rings. The first-order chi connectivity index (χ1) is 29.1. The molecule has 0 aliphatic carbocycles. The van der Waals surface area contributed by atoms with Gasteiger partial charge in [0, 0.05) is 55.9 Å². The number of para-hydroxylation sites is 1. The molecular weight excluding hydrogens is 811 g/mol. The third-order valence-electron chi connectivity index (χ3n) is 10.6. The van der Waals surface area contributed by atoms with Crippen LogP contribution in [0.4, 0.5) is 0 Å². The number of rotatable bonds is 8. The summed E-state index contributed by atoms with van der Waals surface area (Å²) in [5.41, 5.74) is 6.94. The van der Waals surface area contributed by atoms with Crippen molar-refractivity contribution in [3.63, 3.8) is 0 Å². The largest absolute Gasteiger partial charge is 0.490 e. The molecule has 1 radical (unpaired) electrons. The summed E-state index contributed by atoms with van der Waals surface area (Å²) in [7, 11) is -7.90. The summed E-state index contributed by atoms with van der Waals surface area (Å²) in [6.07, 6.45) is 7.27. The molecule has 0 spiro atoms. The topological polar surface area (TPSA) is 208 Å². The molecular formula is C44H34B4MnN4O8. The molecule has 0 amide bonds. The summed E-state index contributed by atoms with van der Waals surface area (Å²) in [5, 5.41) is 87.9. The molecule has 2 aliphatic rings. The van der Waals surface area contributed by atoms with Gasteiger partial charge < -0.3 is 49.7 Å². The molecule has 0 atom stereocenters. The minimum atomic E-state index is -1.99. The Labute approximate surface area is 361 Å². The van der Waals surface area contributed by atoms with Gasteiger partial charge in [-0.3, -0.25) is 0 Å². The van der Waals surface area contributed by atoms with Crippen molar-refractivity contribution in [3.05, 3.63) is 150 Å². The number of benzene rings is 4. The Morgan fingerprint density at radius 1 is 0.426 bits per heavy atom. The number of nitrogens with one attached hydrogen (secondary N) is 1. The first-order valence-electron chi connectivity index (χ1n) is 19.1. The second-order valence-corrected chi connectivity index (χ2v) is 14.4.